The average molecular weight is 418 g/mol. The van der Waals surface area contributed by atoms with Crippen molar-refractivity contribution in [3.05, 3.63) is 29.8 Å². The fourth-order valence-corrected chi connectivity index (χ4v) is 5.07. The number of sulfonamides is 1. The lowest BCUT2D eigenvalue weighted by Crippen LogP contribution is -2.47. The summed E-state index contributed by atoms with van der Waals surface area (Å²) in [5.41, 5.74) is 6.32. The number of rotatable bonds is 8. The van der Waals surface area contributed by atoms with E-state index in [-0.39, 0.29) is 29.3 Å². The fourth-order valence-electron chi connectivity index (χ4n) is 3.45. The number of amides is 1. The van der Waals surface area contributed by atoms with Crippen LogP contribution in [0.25, 0.3) is 0 Å². The Morgan fingerprint density at radius 3 is 2.26 bits per heavy atom. The molecule has 154 valence electrons. The third-order valence-electron chi connectivity index (χ3n) is 4.85. The number of halogens is 1. The summed E-state index contributed by atoms with van der Waals surface area (Å²) in [6, 6.07) is 6.40. The van der Waals surface area contributed by atoms with Gasteiger partial charge in [0.2, 0.25) is 10.0 Å². The molecule has 0 aliphatic carbocycles. The summed E-state index contributed by atoms with van der Waals surface area (Å²) in [6.07, 6.45) is 4.54. The Bertz CT molecular complexity index is 689. The van der Waals surface area contributed by atoms with Crippen molar-refractivity contribution < 1.29 is 13.2 Å². The molecule has 2 N–H and O–H groups in total. The second kappa shape index (κ2) is 11.0. The van der Waals surface area contributed by atoms with E-state index < -0.39 is 10.0 Å². The van der Waals surface area contributed by atoms with Crippen molar-refractivity contribution in [3.8, 4) is 0 Å². The number of carbonyl (C=O) groups is 1. The molecular weight excluding hydrogens is 386 g/mol. The molecule has 1 atom stereocenters. The van der Waals surface area contributed by atoms with Crippen LogP contribution in [0.4, 0.5) is 0 Å². The molecule has 0 aromatic heterocycles. The summed E-state index contributed by atoms with van der Waals surface area (Å²) in [4.78, 5) is 14.8. The van der Waals surface area contributed by atoms with E-state index in [0.717, 1.165) is 32.1 Å². The number of benzene rings is 1. The smallest absolute Gasteiger partial charge is 0.254 e. The number of likely N-dealkylation sites (tertiary alicyclic amines) is 1. The summed E-state index contributed by atoms with van der Waals surface area (Å²) in [5.74, 6) is -0.0666. The highest BCUT2D eigenvalue weighted by atomic mass is 35.5. The summed E-state index contributed by atoms with van der Waals surface area (Å²) >= 11 is 0. The number of nitrogens with zero attached hydrogens (tertiary/aromatic N) is 2. The molecule has 1 aliphatic heterocycles. The minimum Gasteiger partial charge on any atom is -0.334 e. The van der Waals surface area contributed by atoms with Gasteiger partial charge < -0.3 is 10.6 Å². The van der Waals surface area contributed by atoms with E-state index in [1.54, 1.807) is 24.3 Å². The van der Waals surface area contributed by atoms with Crippen molar-refractivity contribution in [3.63, 3.8) is 0 Å². The summed E-state index contributed by atoms with van der Waals surface area (Å²) in [6.45, 7) is 6.10. The molecular formula is C19H32ClN3O3S. The van der Waals surface area contributed by atoms with Gasteiger partial charge in [-0.05, 0) is 56.4 Å². The third-order valence-corrected chi connectivity index (χ3v) is 6.76. The average Bonchev–Trinajstić information content (AvgIpc) is 2.67. The van der Waals surface area contributed by atoms with E-state index in [2.05, 4.69) is 0 Å². The van der Waals surface area contributed by atoms with Crippen molar-refractivity contribution in [2.45, 2.75) is 56.9 Å². The summed E-state index contributed by atoms with van der Waals surface area (Å²) in [7, 11) is -3.52. The number of piperidine rings is 1. The van der Waals surface area contributed by atoms with Gasteiger partial charge in [-0.15, -0.1) is 12.4 Å². The number of hydrogen-bond donors (Lipinski definition) is 1. The van der Waals surface area contributed by atoms with Crippen LogP contribution in [0.2, 0.25) is 0 Å². The molecule has 0 radical (unpaired) electrons. The Balaban J connectivity index is 0.00000364. The number of hydrogen-bond acceptors (Lipinski definition) is 4. The van der Waals surface area contributed by atoms with Crippen molar-refractivity contribution in [2.75, 3.05) is 26.2 Å². The molecule has 0 bridgehead atoms. The highest BCUT2D eigenvalue weighted by Gasteiger charge is 2.27. The Labute approximate surface area is 169 Å². The molecule has 0 saturated carbocycles. The van der Waals surface area contributed by atoms with Gasteiger partial charge in [-0.1, -0.05) is 13.8 Å². The Hall–Kier alpha value is -1.15. The van der Waals surface area contributed by atoms with Crippen LogP contribution in [0.1, 0.15) is 56.3 Å². The maximum absolute atomic E-state index is 12.8. The van der Waals surface area contributed by atoms with Gasteiger partial charge in [0.25, 0.3) is 5.91 Å². The molecule has 1 amide bonds. The largest absolute Gasteiger partial charge is 0.334 e. The molecule has 8 heteroatoms. The van der Waals surface area contributed by atoms with Gasteiger partial charge in [-0.2, -0.15) is 4.31 Å². The first-order valence-electron chi connectivity index (χ1n) is 9.56. The molecule has 0 spiro atoms. The third kappa shape index (κ3) is 5.67. The van der Waals surface area contributed by atoms with Crippen LogP contribution in [0.15, 0.2) is 29.2 Å². The SMILES string of the molecule is CCCN(CCC)S(=O)(=O)c1ccc(C(=O)N2CCCCC2CN)cc1.Cl. The number of nitrogens with two attached hydrogens (primary N) is 1. The van der Waals surface area contributed by atoms with Crippen LogP contribution in [0.5, 0.6) is 0 Å². The van der Waals surface area contributed by atoms with Crippen molar-refractivity contribution in [2.24, 2.45) is 5.73 Å². The zero-order valence-corrected chi connectivity index (χ0v) is 17.9. The van der Waals surface area contributed by atoms with Crippen LogP contribution < -0.4 is 5.73 Å². The Morgan fingerprint density at radius 2 is 1.74 bits per heavy atom. The van der Waals surface area contributed by atoms with Gasteiger partial charge in [0.15, 0.2) is 0 Å². The van der Waals surface area contributed by atoms with E-state index in [0.29, 0.717) is 31.7 Å². The summed E-state index contributed by atoms with van der Waals surface area (Å²) < 4.78 is 27.1. The van der Waals surface area contributed by atoms with Gasteiger partial charge in [-0.3, -0.25) is 4.79 Å². The fraction of sp³-hybridized carbons (Fsp3) is 0.632. The van der Waals surface area contributed by atoms with Crippen molar-refractivity contribution in [1.82, 2.24) is 9.21 Å². The van der Waals surface area contributed by atoms with Crippen LogP contribution in [0, 0.1) is 0 Å². The minimum atomic E-state index is -3.52. The monoisotopic (exact) mass is 417 g/mol. The van der Waals surface area contributed by atoms with E-state index in [9.17, 15) is 13.2 Å². The highest BCUT2D eigenvalue weighted by Crippen LogP contribution is 2.21. The molecule has 1 fully saturated rings. The molecule has 1 heterocycles. The lowest BCUT2D eigenvalue weighted by Gasteiger charge is -2.35. The van der Waals surface area contributed by atoms with Gasteiger partial charge in [0, 0.05) is 37.8 Å². The molecule has 1 aliphatic rings. The van der Waals surface area contributed by atoms with Crippen LogP contribution >= 0.6 is 12.4 Å². The summed E-state index contributed by atoms with van der Waals surface area (Å²) in [5, 5.41) is 0. The predicted molar refractivity (Wildman–Crippen MR) is 111 cm³/mol. The molecule has 1 unspecified atom stereocenters. The van der Waals surface area contributed by atoms with Gasteiger partial charge in [0.1, 0.15) is 0 Å². The second-order valence-corrected chi connectivity index (χ2v) is 8.75. The Kier molecular flexibility index (Phi) is 9.73. The van der Waals surface area contributed by atoms with E-state index in [1.165, 1.54) is 4.31 Å². The lowest BCUT2D eigenvalue weighted by molar-refractivity contribution is 0.0623. The van der Waals surface area contributed by atoms with Crippen LogP contribution in [-0.2, 0) is 10.0 Å². The van der Waals surface area contributed by atoms with Gasteiger partial charge >= 0.3 is 0 Å². The van der Waals surface area contributed by atoms with Gasteiger partial charge in [0.05, 0.1) is 4.90 Å². The van der Waals surface area contributed by atoms with E-state index in [4.69, 9.17) is 5.73 Å². The first kappa shape index (κ1) is 23.9. The maximum Gasteiger partial charge on any atom is 0.254 e. The first-order chi connectivity index (χ1) is 12.5. The minimum absolute atomic E-state index is 0. The van der Waals surface area contributed by atoms with Crippen molar-refractivity contribution >= 4 is 28.3 Å². The number of carbonyl (C=O) groups excluding carboxylic acids is 1. The molecule has 1 saturated heterocycles. The molecule has 2 rings (SSSR count). The standard InChI is InChI=1S/C19H31N3O3S.ClH/c1-3-12-21(13-4-2)26(24,25)18-10-8-16(9-11-18)19(23)22-14-6-5-7-17(22)15-20;/h8-11,17H,3-7,12-15,20H2,1-2H3;1H. The zero-order chi connectivity index (χ0) is 19.2. The van der Waals surface area contributed by atoms with Crippen LogP contribution in [0.3, 0.4) is 0 Å². The van der Waals surface area contributed by atoms with E-state index in [1.807, 2.05) is 18.7 Å². The van der Waals surface area contributed by atoms with Crippen LogP contribution in [-0.4, -0.2) is 55.8 Å². The molecule has 6 nitrogen and oxygen atoms in total. The predicted octanol–water partition coefficient (Wildman–Crippen LogP) is 2.87. The normalized spacial score (nSPS) is 17.6. The highest BCUT2D eigenvalue weighted by molar-refractivity contribution is 7.89. The van der Waals surface area contributed by atoms with E-state index >= 15 is 0 Å². The molecule has 27 heavy (non-hydrogen) atoms. The van der Waals surface area contributed by atoms with Gasteiger partial charge in [-0.25, -0.2) is 8.42 Å². The maximum atomic E-state index is 12.8. The second-order valence-electron chi connectivity index (χ2n) is 6.81. The Morgan fingerprint density at radius 1 is 1.15 bits per heavy atom. The first-order valence-corrected chi connectivity index (χ1v) is 11.0. The topological polar surface area (TPSA) is 83.7 Å². The zero-order valence-electron chi connectivity index (χ0n) is 16.3. The quantitative estimate of drug-likeness (QED) is 0.704. The lowest BCUT2D eigenvalue weighted by atomic mass is 10.0. The van der Waals surface area contributed by atoms with Crippen molar-refractivity contribution in [1.29, 1.82) is 0 Å². The molecule has 1 aromatic rings. The molecule has 1 aromatic carbocycles.